The number of nitrogens with zero attached hydrogens (tertiary/aromatic N) is 1. The van der Waals surface area contributed by atoms with Gasteiger partial charge >= 0.3 is 5.76 Å². The maximum Gasteiger partial charge on any atom is 0.419 e. The molecule has 0 unspecified atom stereocenters. The minimum Gasteiger partial charge on any atom is -0.408 e. The normalized spacial score (nSPS) is 11.4. The number of oxazole rings is 1. The van der Waals surface area contributed by atoms with Gasteiger partial charge in [-0.2, -0.15) is 0 Å². The molecule has 0 spiro atoms. The van der Waals surface area contributed by atoms with E-state index >= 15 is 0 Å². The van der Waals surface area contributed by atoms with Gasteiger partial charge in [-0.25, -0.2) is 4.79 Å². The van der Waals surface area contributed by atoms with Gasteiger partial charge in [-0.05, 0) is 35.2 Å². The largest absolute Gasteiger partial charge is 0.419 e. The first-order valence-corrected chi connectivity index (χ1v) is 9.04. The molecule has 0 saturated carbocycles. The molecule has 2 amide bonds. The number of aromatic nitrogens is 1. The molecule has 28 heavy (non-hydrogen) atoms. The molecule has 1 aromatic heterocycles. The third kappa shape index (κ3) is 4.31. The fourth-order valence-corrected chi connectivity index (χ4v) is 2.82. The Hall–Kier alpha value is -3.35. The highest BCUT2D eigenvalue weighted by molar-refractivity contribution is 5.95. The van der Waals surface area contributed by atoms with Crippen LogP contribution < -0.4 is 16.6 Å². The van der Waals surface area contributed by atoms with E-state index in [0.29, 0.717) is 16.7 Å². The number of benzene rings is 2. The molecule has 0 aliphatic rings. The molecular weight excluding hydrogens is 358 g/mol. The van der Waals surface area contributed by atoms with E-state index in [4.69, 9.17) is 4.42 Å². The molecule has 3 aromatic rings. The van der Waals surface area contributed by atoms with Crippen LogP contribution in [0, 0.1) is 0 Å². The molecule has 0 aliphatic heterocycles. The van der Waals surface area contributed by atoms with E-state index in [-0.39, 0.29) is 18.4 Å². The lowest BCUT2D eigenvalue weighted by atomic mass is 9.87. The molecule has 7 nitrogen and oxygen atoms in total. The van der Waals surface area contributed by atoms with Crippen LogP contribution in [0.25, 0.3) is 11.1 Å². The van der Waals surface area contributed by atoms with Crippen LogP contribution in [-0.4, -0.2) is 16.4 Å². The number of para-hydroxylation sites is 2. The lowest BCUT2D eigenvalue weighted by Crippen LogP contribution is -2.42. The van der Waals surface area contributed by atoms with Crippen LogP contribution in [0.1, 0.15) is 43.1 Å². The summed E-state index contributed by atoms with van der Waals surface area (Å²) in [7, 11) is 0. The van der Waals surface area contributed by atoms with Crippen LogP contribution in [0.3, 0.4) is 0 Å². The number of carbonyl (C=O) groups excluding carboxylic acids is 2. The third-order valence-electron chi connectivity index (χ3n) is 4.46. The number of carbonyl (C=O) groups is 2. The average Bonchev–Trinajstić information content (AvgIpc) is 2.99. The van der Waals surface area contributed by atoms with Crippen LogP contribution >= 0.6 is 0 Å². The molecule has 0 bridgehead atoms. The number of nitrogens with one attached hydrogen (secondary N) is 2. The van der Waals surface area contributed by atoms with Crippen molar-refractivity contribution >= 4 is 22.9 Å². The van der Waals surface area contributed by atoms with Crippen molar-refractivity contribution in [2.75, 3.05) is 0 Å². The summed E-state index contributed by atoms with van der Waals surface area (Å²) in [5.74, 6) is -1.33. The molecule has 3 rings (SSSR count). The first-order chi connectivity index (χ1) is 13.3. The lowest BCUT2D eigenvalue weighted by Gasteiger charge is -2.19. The summed E-state index contributed by atoms with van der Waals surface area (Å²) in [6, 6.07) is 14.2. The summed E-state index contributed by atoms with van der Waals surface area (Å²) in [6.45, 7) is 6.43. The zero-order valence-corrected chi connectivity index (χ0v) is 16.1. The smallest absolute Gasteiger partial charge is 0.408 e. The molecule has 0 fully saturated rings. The van der Waals surface area contributed by atoms with E-state index in [1.807, 2.05) is 12.1 Å². The van der Waals surface area contributed by atoms with Gasteiger partial charge < -0.3 is 4.42 Å². The number of rotatable bonds is 4. The SMILES string of the molecule is CC(C)(C)c1ccc(C(=O)NNC(=O)CCn2c(=O)oc3ccccc32)cc1. The Morgan fingerprint density at radius 1 is 1.00 bits per heavy atom. The highest BCUT2D eigenvalue weighted by Crippen LogP contribution is 2.22. The summed E-state index contributed by atoms with van der Waals surface area (Å²) in [6.07, 6.45) is 0.0205. The van der Waals surface area contributed by atoms with E-state index in [2.05, 4.69) is 31.6 Å². The Kier molecular flexibility index (Phi) is 5.35. The van der Waals surface area contributed by atoms with E-state index < -0.39 is 17.6 Å². The van der Waals surface area contributed by atoms with Crippen molar-refractivity contribution in [1.82, 2.24) is 15.4 Å². The average molecular weight is 381 g/mol. The standard InChI is InChI=1S/C21H23N3O4/c1-21(2,3)15-10-8-14(9-11-15)19(26)23-22-18(25)12-13-24-16-6-4-5-7-17(16)28-20(24)27/h4-11H,12-13H2,1-3H3,(H,22,25)(H,23,26). The molecular formula is C21H23N3O4. The predicted octanol–water partition coefficient (Wildman–Crippen LogP) is 2.74. The molecule has 0 saturated heterocycles. The van der Waals surface area contributed by atoms with E-state index in [0.717, 1.165) is 5.56 Å². The van der Waals surface area contributed by atoms with Gasteiger partial charge in [0.15, 0.2) is 5.58 Å². The Morgan fingerprint density at radius 2 is 1.68 bits per heavy atom. The van der Waals surface area contributed by atoms with Crippen LogP contribution in [0.5, 0.6) is 0 Å². The van der Waals surface area contributed by atoms with Crippen LogP contribution in [0.4, 0.5) is 0 Å². The lowest BCUT2D eigenvalue weighted by molar-refractivity contribution is -0.122. The van der Waals surface area contributed by atoms with Gasteiger partial charge in [0.05, 0.1) is 5.52 Å². The van der Waals surface area contributed by atoms with Gasteiger partial charge in [-0.15, -0.1) is 0 Å². The van der Waals surface area contributed by atoms with Crippen LogP contribution in [-0.2, 0) is 16.8 Å². The van der Waals surface area contributed by atoms with Crippen molar-refractivity contribution in [2.24, 2.45) is 0 Å². The molecule has 2 N–H and O–H groups in total. The zero-order valence-electron chi connectivity index (χ0n) is 16.1. The van der Waals surface area contributed by atoms with Gasteiger partial charge in [0.2, 0.25) is 5.91 Å². The van der Waals surface area contributed by atoms with Crippen molar-refractivity contribution in [3.8, 4) is 0 Å². The fraction of sp³-hybridized carbons (Fsp3) is 0.286. The number of hydrazine groups is 1. The third-order valence-corrected chi connectivity index (χ3v) is 4.46. The summed E-state index contributed by atoms with van der Waals surface area (Å²) < 4.78 is 6.52. The Morgan fingerprint density at radius 3 is 2.36 bits per heavy atom. The highest BCUT2D eigenvalue weighted by atomic mass is 16.4. The Balaban J connectivity index is 1.54. The van der Waals surface area contributed by atoms with Crippen molar-refractivity contribution in [3.63, 3.8) is 0 Å². The van der Waals surface area contributed by atoms with E-state index in [1.165, 1.54) is 4.57 Å². The van der Waals surface area contributed by atoms with E-state index in [1.54, 1.807) is 36.4 Å². The monoisotopic (exact) mass is 381 g/mol. The molecule has 0 aliphatic carbocycles. The van der Waals surface area contributed by atoms with Crippen molar-refractivity contribution in [3.05, 3.63) is 70.2 Å². The second-order valence-electron chi connectivity index (χ2n) is 7.57. The second kappa shape index (κ2) is 7.72. The number of aryl methyl sites for hydroxylation is 1. The zero-order chi connectivity index (χ0) is 20.3. The summed E-state index contributed by atoms with van der Waals surface area (Å²) in [5, 5.41) is 0. The molecule has 0 radical (unpaired) electrons. The molecule has 0 atom stereocenters. The minimum atomic E-state index is -0.517. The topological polar surface area (TPSA) is 93.3 Å². The molecule has 7 heteroatoms. The second-order valence-corrected chi connectivity index (χ2v) is 7.57. The number of hydrogen-bond donors (Lipinski definition) is 2. The molecule has 146 valence electrons. The first-order valence-electron chi connectivity index (χ1n) is 9.04. The van der Waals surface area contributed by atoms with Crippen molar-refractivity contribution in [2.45, 2.75) is 39.2 Å². The van der Waals surface area contributed by atoms with Crippen LogP contribution in [0.2, 0.25) is 0 Å². The Labute approximate surface area is 162 Å². The van der Waals surface area contributed by atoms with Crippen LogP contribution in [0.15, 0.2) is 57.7 Å². The first kappa shape index (κ1) is 19.4. The minimum absolute atomic E-state index is 0.00143. The van der Waals surface area contributed by atoms with E-state index in [9.17, 15) is 14.4 Å². The Bertz CT molecular complexity index is 1060. The van der Waals surface area contributed by atoms with Crippen molar-refractivity contribution in [1.29, 1.82) is 0 Å². The van der Waals surface area contributed by atoms with Gasteiger partial charge in [-0.1, -0.05) is 45.0 Å². The highest BCUT2D eigenvalue weighted by Gasteiger charge is 2.15. The molecule has 1 heterocycles. The maximum atomic E-state index is 12.2. The predicted molar refractivity (Wildman–Crippen MR) is 106 cm³/mol. The van der Waals surface area contributed by atoms with Gasteiger partial charge in [0, 0.05) is 18.5 Å². The van der Waals surface area contributed by atoms with Gasteiger partial charge in [-0.3, -0.25) is 25.0 Å². The summed E-state index contributed by atoms with van der Waals surface area (Å²) in [4.78, 5) is 36.1. The summed E-state index contributed by atoms with van der Waals surface area (Å²) in [5.41, 5.74) is 7.43. The number of fused-ring (bicyclic) bond motifs is 1. The quantitative estimate of drug-likeness (QED) is 0.680. The van der Waals surface area contributed by atoms with Crippen molar-refractivity contribution < 1.29 is 14.0 Å². The maximum absolute atomic E-state index is 12.2. The number of hydrogen-bond acceptors (Lipinski definition) is 4. The molecule has 2 aromatic carbocycles. The van der Waals surface area contributed by atoms with Gasteiger partial charge in [0.1, 0.15) is 0 Å². The summed E-state index contributed by atoms with van der Waals surface area (Å²) >= 11 is 0. The van der Waals surface area contributed by atoms with Gasteiger partial charge in [0.25, 0.3) is 5.91 Å². The fourth-order valence-electron chi connectivity index (χ4n) is 2.82. The number of amides is 2.